The molecular weight excluding hydrogens is 414 g/mol. The number of pyridine rings is 1. The van der Waals surface area contributed by atoms with E-state index in [2.05, 4.69) is 27.8 Å². The zero-order valence-electron chi connectivity index (χ0n) is 18.4. The highest BCUT2D eigenvalue weighted by molar-refractivity contribution is 6.08. The van der Waals surface area contributed by atoms with Crippen LogP contribution in [0, 0.1) is 0 Å². The Hall–Kier alpha value is -3.87. The number of anilines is 2. The molecule has 0 radical (unpaired) electrons. The van der Waals surface area contributed by atoms with E-state index in [1.54, 1.807) is 6.20 Å². The maximum absolute atomic E-state index is 12.8. The number of rotatable bonds is 5. The summed E-state index contributed by atoms with van der Waals surface area (Å²) in [5, 5.41) is 7.16. The number of aliphatic imine (C=N–C) groups is 1. The van der Waals surface area contributed by atoms with E-state index in [1.165, 1.54) is 0 Å². The molecule has 7 heteroatoms. The third-order valence-corrected chi connectivity index (χ3v) is 6.21. The van der Waals surface area contributed by atoms with Crippen molar-refractivity contribution in [1.82, 2.24) is 9.88 Å². The van der Waals surface area contributed by atoms with Gasteiger partial charge in [0.2, 0.25) is 0 Å². The number of amidine groups is 1. The number of nitrogens with zero attached hydrogens (tertiary/aromatic N) is 3. The van der Waals surface area contributed by atoms with Crippen LogP contribution in [0.3, 0.4) is 0 Å². The summed E-state index contributed by atoms with van der Waals surface area (Å²) in [6.07, 6.45) is 3.27. The molecule has 1 spiro atoms. The average Bonchev–Trinajstić information content (AvgIpc) is 2.88. The normalized spacial score (nSPS) is 17.7. The fourth-order valence-electron chi connectivity index (χ4n) is 4.35. The maximum Gasteiger partial charge on any atom is 0.260 e. The molecule has 3 heterocycles. The number of benzene rings is 2. The fraction of sp³-hybridized carbons (Fsp3) is 0.269. The minimum absolute atomic E-state index is 0.00214. The summed E-state index contributed by atoms with van der Waals surface area (Å²) in [6.45, 7) is 1.89. The minimum atomic E-state index is -0.359. The van der Waals surface area contributed by atoms with E-state index in [1.807, 2.05) is 65.6 Å². The van der Waals surface area contributed by atoms with Crippen molar-refractivity contribution in [3.8, 4) is 5.75 Å². The molecule has 168 valence electrons. The zero-order chi connectivity index (χ0) is 22.5. The van der Waals surface area contributed by atoms with Gasteiger partial charge in [0.25, 0.3) is 5.91 Å². The summed E-state index contributed by atoms with van der Waals surface area (Å²) in [5.41, 5.74) is 1.75. The summed E-state index contributed by atoms with van der Waals surface area (Å²) < 4.78 is 5.66. The molecule has 1 aromatic heterocycles. The third kappa shape index (κ3) is 4.67. The number of likely N-dealkylation sites (tertiary alicyclic amines) is 1. The van der Waals surface area contributed by atoms with E-state index < -0.39 is 0 Å². The molecule has 33 heavy (non-hydrogen) atoms. The van der Waals surface area contributed by atoms with Crippen molar-refractivity contribution < 1.29 is 9.53 Å². The van der Waals surface area contributed by atoms with Crippen LogP contribution in [-0.4, -0.2) is 46.9 Å². The zero-order valence-corrected chi connectivity index (χ0v) is 18.4. The van der Waals surface area contributed by atoms with Crippen LogP contribution < -0.4 is 15.4 Å². The number of ether oxygens (including phenoxy) is 1. The minimum Gasteiger partial charge on any atom is -0.484 e. The molecule has 0 atom stereocenters. The number of carbonyl (C=O) groups excluding carboxylic acids is 1. The summed E-state index contributed by atoms with van der Waals surface area (Å²) >= 11 is 0. The lowest BCUT2D eigenvalue weighted by Gasteiger charge is -2.46. The molecule has 2 aliphatic rings. The van der Waals surface area contributed by atoms with Gasteiger partial charge in [-0.2, -0.15) is 0 Å². The highest BCUT2D eigenvalue weighted by atomic mass is 16.5. The van der Waals surface area contributed by atoms with E-state index >= 15 is 0 Å². The van der Waals surface area contributed by atoms with Gasteiger partial charge >= 0.3 is 0 Å². The van der Waals surface area contributed by atoms with E-state index in [0.717, 1.165) is 35.7 Å². The molecule has 0 aliphatic carbocycles. The summed E-state index contributed by atoms with van der Waals surface area (Å²) in [5.74, 6) is 2.37. The molecule has 1 saturated heterocycles. The summed E-state index contributed by atoms with van der Waals surface area (Å²) in [7, 11) is 0. The van der Waals surface area contributed by atoms with Gasteiger partial charge in [-0.1, -0.05) is 48.5 Å². The smallest absolute Gasteiger partial charge is 0.260 e. The van der Waals surface area contributed by atoms with Gasteiger partial charge in [-0.15, -0.1) is 0 Å². The van der Waals surface area contributed by atoms with Gasteiger partial charge in [0.15, 0.2) is 12.4 Å². The van der Waals surface area contributed by atoms with Gasteiger partial charge < -0.3 is 20.3 Å². The van der Waals surface area contributed by atoms with Crippen molar-refractivity contribution in [1.29, 1.82) is 0 Å². The predicted octanol–water partition coefficient (Wildman–Crippen LogP) is 3.96. The molecule has 2 aliphatic heterocycles. The number of para-hydroxylation sites is 1. The second kappa shape index (κ2) is 9.32. The van der Waals surface area contributed by atoms with Crippen molar-refractivity contribution >= 4 is 23.2 Å². The van der Waals surface area contributed by atoms with Gasteiger partial charge in [0.05, 0.1) is 17.8 Å². The second-order valence-corrected chi connectivity index (χ2v) is 8.36. The lowest BCUT2D eigenvalue weighted by Crippen LogP contribution is -2.59. The second-order valence-electron chi connectivity index (χ2n) is 8.36. The molecule has 0 saturated carbocycles. The number of amides is 1. The lowest BCUT2D eigenvalue weighted by atomic mass is 9.84. The Morgan fingerprint density at radius 3 is 2.48 bits per heavy atom. The van der Waals surface area contributed by atoms with Crippen molar-refractivity contribution in [2.24, 2.45) is 4.99 Å². The van der Waals surface area contributed by atoms with Crippen LogP contribution in [-0.2, 0) is 11.3 Å². The first kappa shape index (κ1) is 21.0. The largest absolute Gasteiger partial charge is 0.484 e. The van der Waals surface area contributed by atoms with E-state index in [-0.39, 0.29) is 18.1 Å². The molecule has 2 N–H and O–H groups in total. The Labute approximate surface area is 193 Å². The third-order valence-electron chi connectivity index (χ3n) is 6.21. The SMILES string of the molecule is O=C(COc1ccccc1)N1CCC2(CC1)Nc1cccnc1NC2=NCc1ccccc1. The molecule has 2 aromatic carbocycles. The molecule has 1 amide bonds. The molecular formula is C26H27N5O2. The average molecular weight is 442 g/mol. The van der Waals surface area contributed by atoms with Crippen molar-refractivity contribution in [2.75, 3.05) is 30.3 Å². The van der Waals surface area contributed by atoms with Crippen LogP contribution in [0.1, 0.15) is 18.4 Å². The standard InChI is InChI=1S/C26H27N5O2/c32-23(19-33-21-10-5-2-6-11-21)31-16-13-26(14-17-31)25(28-18-20-8-3-1-4-9-20)29-24-22(30-26)12-7-15-27-24/h1-12,15,30H,13-14,16-19H2,(H,27,28,29). The molecule has 0 unspecified atom stereocenters. The fourth-order valence-corrected chi connectivity index (χ4v) is 4.35. The number of piperidine rings is 1. The first-order chi connectivity index (χ1) is 16.2. The summed E-state index contributed by atoms with van der Waals surface area (Å²) in [6, 6.07) is 23.6. The summed E-state index contributed by atoms with van der Waals surface area (Å²) in [4.78, 5) is 24.0. The van der Waals surface area contributed by atoms with E-state index in [4.69, 9.17) is 9.73 Å². The highest BCUT2D eigenvalue weighted by Crippen LogP contribution is 2.36. The number of aromatic nitrogens is 1. The molecule has 7 nitrogen and oxygen atoms in total. The Balaban J connectivity index is 1.30. The van der Waals surface area contributed by atoms with Gasteiger partial charge in [-0.05, 0) is 42.7 Å². The molecule has 0 bridgehead atoms. The van der Waals surface area contributed by atoms with Gasteiger partial charge in [-0.25, -0.2) is 4.98 Å². The lowest BCUT2D eigenvalue weighted by molar-refractivity contribution is -0.134. The van der Waals surface area contributed by atoms with Crippen LogP contribution in [0.25, 0.3) is 0 Å². The van der Waals surface area contributed by atoms with Crippen LogP contribution >= 0.6 is 0 Å². The highest BCUT2D eigenvalue weighted by Gasteiger charge is 2.43. The number of nitrogens with one attached hydrogen (secondary N) is 2. The van der Waals surface area contributed by atoms with Gasteiger partial charge in [0, 0.05) is 19.3 Å². The number of hydrogen-bond donors (Lipinski definition) is 2. The molecule has 1 fully saturated rings. The van der Waals surface area contributed by atoms with Crippen molar-refractivity contribution in [3.05, 3.63) is 84.6 Å². The molecule has 5 rings (SSSR count). The van der Waals surface area contributed by atoms with E-state index in [0.29, 0.717) is 25.4 Å². The Kier molecular flexibility index (Phi) is 5.93. The molecule has 3 aromatic rings. The first-order valence-corrected chi connectivity index (χ1v) is 11.3. The van der Waals surface area contributed by atoms with E-state index in [9.17, 15) is 4.79 Å². The van der Waals surface area contributed by atoms with Crippen LogP contribution in [0.4, 0.5) is 11.5 Å². The quantitative estimate of drug-likeness (QED) is 0.627. The van der Waals surface area contributed by atoms with Crippen molar-refractivity contribution in [2.45, 2.75) is 24.9 Å². The van der Waals surface area contributed by atoms with Gasteiger partial charge in [-0.3, -0.25) is 9.79 Å². The van der Waals surface area contributed by atoms with Gasteiger partial charge in [0.1, 0.15) is 11.6 Å². The monoisotopic (exact) mass is 441 g/mol. The Morgan fingerprint density at radius 1 is 1.00 bits per heavy atom. The van der Waals surface area contributed by atoms with Crippen LogP contribution in [0.5, 0.6) is 5.75 Å². The van der Waals surface area contributed by atoms with Crippen LogP contribution in [0.15, 0.2) is 84.0 Å². The number of hydrogen-bond acceptors (Lipinski definition) is 5. The maximum atomic E-state index is 12.8. The predicted molar refractivity (Wildman–Crippen MR) is 130 cm³/mol. The number of fused-ring (bicyclic) bond motifs is 1. The first-order valence-electron chi connectivity index (χ1n) is 11.3. The van der Waals surface area contributed by atoms with Crippen molar-refractivity contribution in [3.63, 3.8) is 0 Å². The topological polar surface area (TPSA) is 78.8 Å². The van der Waals surface area contributed by atoms with Crippen LogP contribution in [0.2, 0.25) is 0 Å². The Morgan fingerprint density at radius 2 is 1.73 bits per heavy atom. The number of carbonyl (C=O) groups is 1. The Bertz CT molecular complexity index is 1130.